The van der Waals surface area contributed by atoms with Crippen molar-refractivity contribution in [3.8, 4) is 5.75 Å². The molecule has 1 aliphatic carbocycles. The van der Waals surface area contributed by atoms with Crippen molar-refractivity contribution in [1.82, 2.24) is 36.3 Å². The fourth-order valence-electron chi connectivity index (χ4n) is 17.0. The van der Waals surface area contributed by atoms with E-state index >= 15 is 4.79 Å². The average molecular weight is 1430 g/mol. The molecule has 9 rings (SSSR count). The zero-order valence-electron chi connectivity index (χ0n) is 56.8. The number of benzene rings is 2. The lowest BCUT2D eigenvalue weighted by Crippen LogP contribution is -2.82. The van der Waals surface area contributed by atoms with Gasteiger partial charge in [0.05, 0.1) is 37.9 Å². The van der Waals surface area contributed by atoms with Crippen molar-refractivity contribution in [3.63, 3.8) is 0 Å². The summed E-state index contributed by atoms with van der Waals surface area (Å²) in [6.45, 7) is 9.60. The average Bonchev–Trinajstić information content (AvgIpc) is 1.51. The van der Waals surface area contributed by atoms with Crippen LogP contribution in [0.5, 0.6) is 5.75 Å². The summed E-state index contributed by atoms with van der Waals surface area (Å²) in [5.74, 6) is -9.39. The lowest BCUT2D eigenvalue weighted by Gasteiger charge is -2.63. The van der Waals surface area contributed by atoms with Crippen LogP contribution in [0, 0.1) is 23.2 Å². The molecule has 3 aromatic rings. The van der Waals surface area contributed by atoms with Crippen LogP contribution < -0.4 is 31.1 Å². The van der Waals surface area contributed by atoms with Gasteiger partial charge in [-0.3, -0.25) is 44.0 Å². The highest BCUT2D eigenvalue weighted by Crippen LogP contribution is 2.67. The third-order valence-corrected chi connectivity index (χ3v) is 24.4. The van der Waals surface area contributed by atoms with E-state index in [0.29, 0.717) is 63.2 Å². The number of piperidine rings is 1. The molecular formula is C68H98N8O21S2. The van der Waals surface area contributed by atoms with Crippen molar-refractivity contribution in [2.45, 2.75) is 181 Å². The monoisotopic (exact) mass is 1430 g/mol. The summed E-state index contributed by atoms with van der Waals surface area (Å²) in [6, 6.07) is 6.91. The number of Topliss-reactive ketones (excluding diaryl/α,β-unsaturated/α-hetero) is 2. The number of amides is 4. The van der Waals surface area contributed by atoms with Crippen LogP contribution >= 0.6 is 21.6 Å². The fraction of sp³-hybridized carbons (Fsp3) is 0.662. The second kappa shape index (κ2) is 31.3. The predicted octanol–water partition coefficient (Wildman–Crippen LogP) is -0.982. The lowest BCUT2D eigenvalue weighted by molar-refractivity contribution is -0.204. The summed E-state index contributed by atoms with van der Waals surface area (Å²) >= 11 is 0. The van der Waals surface area contributed by atoms with E-state index in [4.69, 9.17) is 9.47 Å². The summed E-state index contributed by atoms with van der Waals surface area (Å²) in [6.07, 6.45) is -10.4. The molecular weight excluding hydrogens is 1330 g/mol. The van der Waals surface area contributed by atoms with Crippen LogP contribution in [0.25, 0.3) is 10.9 Å². The standard InChI is InChI=1S/C68H98N8O21S2/c1-8-49(83)70-50(54(86)52(84)46(81)31-77)44(79)24-35(4)57(88)71-51(55(87)53(85)47(82)32-78)45(80)25-37(58(89)90)33-99-98-23-22-97-63(93)73-72-62(92)68(95)60-67(18-21-76-19-13-17-66(10-3,59(67)76)61(68)91)40-26-41(48(96-7)27-43(40)74(60)6)64(5)28-36-29-65(94,9-2)34-75(30-36)20-16-39-38-14-11-12-15-42(38)69-56(39)64/h11-15,17,26-27,35-37,46-47,50-55,59-61,69,77-78,81-82,84-87,91,94-95H,8-10,16,18-25,28-34H2,1-7H3,(H,70,83)(H,71,88)(H,72,92)(H,73,93)(H,89,90)/t35-,36+,37+,46-,47-,50-,51-,52-,53-,54-,55-,59+,60-,61-,64-,65+,66-,67-,68+/m1/s1. The van der Waals surface area contributed by atoms with Crippen molar-refractivity contribution in [2.24, 2.45) is 23.2 Å². The molecule has 2 saturated heterocycles. The molecule has 5 aliphatic heterocycles. The number of ketones is 2. The van der Waals surface area contributed by atoms with E-state index in [0.717, 1.165) is 75.7 Å². The van der Waals surface area contributed by atoms with E-state index in [1.54, 1.807) is 14.2 Å². The van der Waals surface area contributed by atoms with Crippen molar-refractivity contribution >= 4 is 79.5 Å². The van der Waals surface area contributed by atoms with Gasteiger partial charge in [0.25, 0.3) is 5.91 Å². The molecule has 1 unspecified atom stereocenters. The number of para-hydroxylation sites is 1. The number of aromatic amines is 1. The van der Waals surface area contributed by atoms with Gasteiger partial charge in [-0.25, -0.2) is 10.2 Å². The number of aliphatic hydroxyl groups is 11. The molecule has 99 heavy (non-hydrogen) atoms. The van der Waals surface area contributed by atoms with Gasteiger partial charge in [0.15, 0.2) is 17.2 Å². The lowest BCUT2D eigenvalue weighted by atomic mass is 9.47. The molecule has 1 spiro atoms. The number of nitrogens with one attached hydrogen (secondary N) is 5. The quantitative estimate of drug-likeness (QED) is 0.0165. The molecule has 3 fully saturated rings. The van der Waals surface area contributed by atoms with Crippen molar-refractivity contribution in [2.75, 3.05) is 83.1 Å². The maximum Gasteiger partial charge on any atom is 0.426 e. The summed E-state index contributed by atoms with van der Waals surface area (Å²) in [7, 11) is 5.37. The molecule has 6 heterocycles. The highest BCUT2D eigenvalue weighted by Gasteiger charge is 2.79. The van der Waals surface area contributed by atoms with Crippen molar-refractivity contribution in [3.05, 3.63) is 70.9 Å². The first-order valence-corrected chi connectivity index (χ1v) is 36.4. The van der Waals surface area contributed by atoms with Crippen LogP contribution in [0.3, 0.4) is 0 Å². The number of likely N-dealkylation sites (N-methyl/N-ethyl adjacent to an activating group) is 1. The van der Waals surface area contributed by atoms with Gasteiger partial charge in [0.2, 0.25) is 11.8 Å². The van der Waals surface area contributed by atoms with Crippen LogP contribution in [0.1, 0.15) is 108 Å². The highest BCUT2D eigenvalue weighted by atomic mass is 33.1. The minimum Gasteiger partial charge on any atom is -0.496 e. The minimum absolute atomic E-state index is 0.0121. The molecule has 1 aromatic heterocycles. The van der Waals surface area contributed by atoms with E-state index < -0.39 is 174 Å². The maximum atomic E-state index is 15.2. The van der Waals surface area contributed by atoms with Crippen molar-refractivity contribution < 1.29 is 104 Å². The molecule has 17 N–H and O–H groups in total. The van der Waals surface area contributed by atoms with E-state index in [9.17, 15) is 90.0 Å². The molecule has 2 bridgehead atoms. The van der Waals surface area contributed by atoms with E-state index in [-0.39, 0.29) is 30.5 Å². The first kappa shape index (κ1) is 77.2. The third-order valence-electron chi connectivity index (χ3n) is 22.0. The largest absolute Gasteiger partial charge is 0.496 e. The normalized spacial score (nSPS) is 30.0. The van der Waals surface area contributed by atoms with Gasteiger partial charge in [-0.2, -0.15) is 0 Å². The van der Waals surface area contributed by atoms with Crippen molar-refractivity contribution in [1.29, 1.82) is 0 Å². The number of hydrazine groups is 1. The molecule has 0 radical (unpaired) electrons. The topological polar surface area (TPSA) is 454 Å². The molecule has 6 aliphatic rings. The Balaban J connectivity index is 0.877. The Hall–Kier alpha value is -6.01. The molecule has 31 heteroatoms. The first-order valence-electron chi connectivity index (χ1n) is 33.9. The number of carbonyl (C=O) groups excluding carboxylic acids is 6. The minimum atomic E-state index is -2.61. The molecule has 2 aromatic carbocycles. The zero-order chi connectivity index (χ0) is 72.4. The number of H-pyrrole nitrogens is 1. The number of nitrogens with zero attached hydrogens (tertiary/aromatic N) is 3. The number of aromatic nitrogens is 1. The molecule has 29 nitrogen and oxygen atoms in total. The number of ether oxygens (including phenoxy) is 2. The van der Waals surface area contributed by atoms with Gasteiger partial charge < -0.3 is 91.3 Å². The second-order valence-electron chi connectivity index (χ2n) is 28.0. The van der Waals surface area contributed by atoms with Crippen LogP contribution in [0.2, 0.25) is 0 Å². The zero-order valence-corrected chi connectivity index (χ0v) is 58.5. The number of aliphatic carboxylic acids is 1. The Morgan fingerprint density at radius 3 is 2.12 bits per heavy atom. The Morgan fingerprint density at radius 2 is 1.48 bits per heavy atom. The number of rotatable bonds is 30. The second-order valence-corrected chi connectivity index (χ2v) is 30.6. The van der Waals surface area contributed by atoms with E-state index in [2.05, 4.69) is 61.4 Å². The molecule has 548 valence electrons. The smallest absolute Gasteiger partial charge is 0.426 e. The van der Waals surface area contributed by atoms with E-state index in [1.807, 2.05) is 49.1 Å². The number of carboxylic acid groups (broad SMARTS) is 1. The number of carbonyl (C=O) groups is 7. The number of hydrogen-bond acceptors (Lipinski definition) is 25. The molecule has 20 atom stereocenters. The number of carboxylic acids is 1. The Labute approximate surface area is 581 Å². The first-order chi connectivity index (χ1) is 46.9. The fourth-order valence-corrected chi connectivity index (χ4v) is 19.1. The van der Waals surface area contributed by atoms with E-state index in [1.165, 1.54) is 12.5 Å². The highest BCUT2D eigenvalue weighted by molar-refractivity contribution is 8.76. The van der Waals surface area contributed by atoms with Crippen LogP contribution in [-0.4, -0.2) is 274 Å². The van der Waals surface area contributed by atoms with Gasteiger partial charge in [-0.1, -0.05) is 79.6 Å². The van der Waals surface area contributed by atoms with Gasteiger partial charge in [0.1, 0.15) is 67.2 Å². The van der Waals surface area contributed by atoms with Gasteiger partial charge in [0, 0.05) is 126 Å². The summed E-state index contributed by atoms with van der Waals surface area (Å²) in [5, 5.41) is 136. The number of fused-ring (bicyclic) bond motifs is 6. The van der Waals surface area contributed by atoms with Gasteiger partial charge in [-0.15, -0.1) is 0 Å². The van der Waals surface area contributed by atoms with Gasteiger partial charge >= 0.3 is 12.1 Å². The summed E-state index contributed by atoms with van der Waals surface area (Å²) in [5.41, 5.74) is 3.95. The Kier molecular flexibility index (Phi) is 24.4. The number of hydrogen-bond donors (Lipinski definition) is 17. The Bertz CT molecular complexity index is 3500. The van der Waals surface area contributed by atoms with Crippen LogP contribution in [-0.2, 0) is 50.8 Å². The van der Waals surface area contributed by atoms with Crippen LogP contribution in [0.4, 0.5) is 10.5 Å². The van der Waals surface area contributed by atoms with Gasteiger partial charge in [-0.05, 0) is 81.2 Å². The SMILES string of the molecule is CCC(=O)N[C@H](C(=O)C[C@@H](C)C(=O)N[C@H](C(=O)C[C@@H](CSSCCOC(=O)NNC(=O)[C@@]1(O)[C@H](O)[C@]2(CC)C=CCN3CC[C@@]4(c5cc([C@@]6(C)C[C@@H]7CN(CCc8c6[nH]c6ccccc86)C[C@](O)(CC)C7)c(OC)cc5N(C)[C@@H]14)[C@@H]32)C(=O)O)[C@@H](O)[C@H](O)[C@H](O)CO)[C@@H](O)[C@H](O)[C@H](O)CO. The van der Waals surface area contributed by atoms with Crippen LogP contribution in [0.15, 0.2) is 48.6 Å². The number of methoxy groups -OCH3 is 1. The predicted molar refractivity (Wildman–Crippen MR) is 364 cm³/mol. The number of anilines is 1. The number of aliphatic hydroxyl groups excluding tert-OH is 9. The molecule has 4 amide bonds. The maximum absolute atomic E-state index is 15.2. The third kappa shape index (κ3) is 14.6. The molecule has 1 saturated carbocycles. The summed E-state index contributed by atoms with van der Waals surface area (Å²) < 4.78 is 11.8. The summed E-state index contributed by atoms with van der Waals surface area (Å²) in [4.78, 5) is 105. The Morgan fingerprint density at radius 1 is 0.818 bits per heavy atom.